The number of nitrogens with zero attached hydrogens (tertiary/aromatic N) is 2. The van der Waals surface area contributed by atoms with E-state index in [2.05, 4.69) is 27.5 Å². The van der Waals surface area contributed by atoms with E-state index in [4.69, 9.17) is 9.47 Å². The Labute approximate surface area is 238 Å². The summed E-state index contributed by atoms with van der Waals surface area (Å²) in [7, 11) is 0. The zero-order chi connectivity index (χ0) is 27.7. The average molecular weight is 557 g/mol. The number of urea groups is 1. The molecule has 1 fully saturated rings. The number of nitrogens with one attached hydrogen (secondary N) is 2. The van der Waals surface area contributed by atoms with E-state index in [9.17, 15) is 9.90 Å². The topological polar surface area (TPSA) is 106 Å². The number of benzene rings is 3. The molecule has 40 heavy (non-hydrogen) atoms. The average Bonchev–Trinajstić information content (AvgIpc) is 3.01. The lowest BCUT2D eigenvalue weighted by Gasteiger charge is -2.41. The molecule has 1 aromatic heterocycles. The summed E-state index contributed by atoms with van der Waals surface area (Å²) in [4.78, 5) is 21.2. The minimum Gasteiger partial charge on any atom is -0.392 e. The van der Waals surface area contributed by atoms with Crippen molar-refractivity contribution in [1.29, 1.82) is 0 Å². The molecule has 3 N–H and O–H groups in total. The number of carbonyl (C=O) groups is 1. The van der Waals surface area contributed by atoms with Crippen molar-refractivity contribution in [2.75, 3.05) is 11.1 Å². The Kier molecular flexibility index (Phi) is 9.41. The zero-order valence-corrected chi connectivity index (χ0v) is 23.0. The molecule has 0 saturated carbocycles. The third-order valence-electron chi connectivity index (χ3n) is 6.75. The van der Waals surface area contributed by atoms with Gasteiger partial charge in [0, 0.05) is 41.9 Å². The van der Waals surface area contributed by atoms with Crippen LogP contribution in [0.3, 0.4) is 0 Å². The number of amides is 2. The van der Waals surface area contributed by atoms with Crippen molar-refractivity contribution < 1.29 is 19.4 Å². The third-order valence-corrected chi connectivity index (χ3v) is 7.72. The van der Waals surface area contributed by atoms with Crippen molar-refractivity contribution in [3.05, 3.63) is 120 Å². The van der Waals surface area contributed by atoms with Crippen LogP contribution in [0, 0.1) is 5.92 Å². The Hall–Kier alpha value is -3.76. The van der Waals surface area contributed by atoms with E-state index < -0.39 is 6.29 Å². The molecule has 4 aromatic rings. The Morgan fingerprint density at radius 2 is 1.68 bits per heavy atom. The summed E-state index contributed by atoms with van der Waals surface area (Å²) in [6, 6.07) is 26.6. The number of hydrogen-bond acceptors (Lipinski definition) is 7. The maximum atomic E-state index is 12.6. The highest BCUT2D eigenvalue weighted by Crippen LogP contribution is 2.43. The van der Waals surface area contributed by atoms with Crippen LogP contribution in [-0.2, 0) is 22.6 Å². The predicted molar refractivity (Wildman–Crippen MR) is 154 cm³/mol. The lowest BCUT2D eigenvalue weighted by molar-refractivity contribution is -0.268. The van der Waals surface area contributed by atoms with Gasteiger partial charge in [0.1, 0.15) is 0 Å². The molecule has 0 radical (unpaired) electrons. The SMILES string of the molecule is CC1C(CSc2ncccn2)OC(c2cccc(NC(=O)NCc3ccccc3)c2)OC1c1ccc(CO)cc1. The summed E-state index contributed by atoms with van der Waals surface area (Å²) in [5.41, 5.74) is 4.32. The molecule has 9 heteroatoms. The molecule has 0 aliphatic carbocycles. The number of hydrogen-bond donors (Lipinski definition) is 3. The Balaban J connectivity index is 1.32. The Bertz CT molecular complexity index is 1380. The van der Waals surface area contributed by atoms with Gasteiger partial charge < -0.3 is 25.2 Å². The van der Waals surface area contributed by atoms with Gasteiger partial charge in [0.05, 0.1) is 18.8 Å². The number of thioether (sulfide) groups is 1. The number of aliphatic hydroxyl groups is 1. The van der Waals surface area contributed by atoms with E-state index in [0.29, 0.717) is 23.1 Å². The number of aliphatic hydroxyl groups excluding tert-OH is 1. The minimum atomic E-state index is -0.643. The van der Waals surface area contributed by atoms with E-state index in [1.807, 2.05) is 78.9 Å². The molecule has 4 atom stereocenters. The maximum Gasteiger partial charge on any atom is 0.319 e. The molecule has 1 saturated heterocycles. The van der Waals surface area contributed by atoms with E-state index >= 15 is 0 Å². The van der Waals surface area contributed by atoms with Gasteiger partial charge in [-0.05, 0) is 34.9 Å². The molecule has 4 unspecified atom stereocenters. The van der Waals surface area contributed by atoms with Crippen LogP contribution in [0.2, 0.25) is 0 Å². The standard InChI is InChI=1S/C31H32N4O4S/c1-21-27(20-40-31-32-15-6-16-33-31)38-29(39-28(21)24-13-11-23(19-36)12-14-24)25-9-5-10-26(17-25)35-30(37)34-18-22-7-3-2-4-8-22/h2-17,21,27-29,36H,18-20H2,1H3,(H2,34,35,37). The van der Waals surface area contributed by atoms with Crippen LogP contribution in [0.25, 0.3) is 0 Å². The summed E-state index contributed by atoms with van der Waals surface area (Å²) in [5, 5.41) is 16.0. The minimum absolute atomic E-state index is 0.0118. The summed E-state index contributed by atoms with van der Waals surface area (Å²) in [6.45, 7) is 2.54. The molecule has 0 spiro atoms. The van der Waals surface area contributed by atoms with Crippen molar-refractivity contribution in [3.63, 3.8) is 0 Å². The van der Waals surface area contributed by atoms with Crippen molar-refractivity contribution in [2.24, 2.45) is 5.92 Å². The lowest BCUT2D eigenvalue weighted by Crippen LogP contribution is -2.38. The first kappa shape index (κ1) is 27.8. The largest absolute Gasteiger partial charge is 0.392 e. The molecule has 206 valence electrons. The quantitative estimate of drug-likeness (QED) is 0.175. The maximum absolute atomic E-state index is 12.6. The van der Waals surface area contributed by atoms with Gasteiger partial charge in [-0.25, -0.2) is 14.8 Å². The van der Waals surface area contributed by atoms with Crippen LogP contribution in [0.4, 0.5) is 10.5 Å². The van der Waals surface area contributed by atoms with Crippen LogP contribution >= 0.6 is 11.8 Å². The van der Waals surface area contributed by atoms with E-state index in [1.165, 1.54) is 0 Å². The van der Waals surface area contributed by atoms with E-state index in [1.54, 1.807) is 30.2 Å². The Morgan fingerprint density at radius 3 is 2.42 bits per heavy atom. The van der Waals surface area contributed by atoms with Gasteiger partial charge in [-0.15, -0.1) is 0 Å². The van der Waals surface area contributed by atoms with Crippen LogP contribution in [0.5, 0.6) is 0 Å². The molecular weight excluding hydrogens is 524 g/mol. The van der Waals surface area contributed by atoms with Gasteiger partial charge in [0.2, 0.25) is 0 Å². The smallest absolute Gasteiger partial charge is 0.319 e. The fourth-order valence-electron chi connectivity index (χ4n) is 4.54. The molecule has 2 amide bonds. The summed E-state index contributed by atoms with van der Waals surface area (Å²) in [6.07, 6.45) is 2.43. The van der Waals surface area contributed by atoms with Gasteiger partial charge in [-0.1, -0.05) is 85.4 Å². The van der Waals surface area contributed by atoms with Gasteiger partial charge >= 0.3 is 6.03 Å². The summed E-state index contributed by atoms with van der Waals surface area (Å²) >= 11 is 1.55. The van der Waals surface area contributed by atoms with Gasteiger partial charge in [0.15, 0.2) is 11.4 Å². The highest BCUT2D eigenvalue weighted by molar-refractivity contribution is 7.99. The molecule has 0 bridgehead atoms. The first-order valence-electron chi connectivity index (χ1n) is 13.2. The molecular formula is C31H32N4O4S. The molecule has 8 nitrogen and oxygen atoms in total. The fourth-order valence-corrected chi connectivity index (χ4v) is 5.51. The molecule has 2 heterocycles. The highest BCUT2D eigenvalue weighted by Gasteiger charge is 2.38. The van der Waals surface area contributed by atoms with Crippen molar-refractivity contribution >= 4 is 23.5 Å². The normalized spacial score (nSPS) is 20.6. The van der Waals surface area contributed by atoms with Crippen LogP contribution < -0.4 is 10.6 Å². The van der Waals surface area contributed by atoms with Gasteiger partial charge in [-0.2, -0.15) is 0 Å². The van der Waals surface area contributed by atoms with Crippen LogP contribution in [0.15, 0.2) is 102 Å². The lowest BCUT2D eigenvalue weighted by atomic mass is 9.91. The number of ether oxygens (including phenoxy) is 2. The van der Waals surface area contributed by atoms with Crippen molar-refractivity contribution in [1.82, 2.24) is 15.3 Å². The van der Waals surface area contributed by atoms with Gasteiger partial charge in [0.25, 0.3) is 0 Å². The molecule has 3 aromatic carbocycles. The van der Waals surface area contributed by atoms with Crippen LogP contribution in [-0.4, -0.2) is 33.0 Å². The molecule has 1 aliphatic rings. The molecule has 5 rings (SSSR count). The second kappa shape index (κ2) is 13.5. The first-order valence-corrected chi connectivity index (χ1v) is 14.2. The van der Waals surface area contributed by atoms with E-state index in [0.717, 1.165) is 22.3 Å². The predicted octanol–water partition coefficient (Wildman–Crippen LogP) is 5.87. The number of aromatic nitrogens is 2. The summed E-state index contributed by atoms with van der Waals surface area (Å²) in [5.74, 6) is 0.688. The Morgan fingerprint density at radius 1 is 0.900 bits per heavy atom. The monoisotopic (exact) mass is 556 g/mol. The van der Waals surface area contributed by atoms with Gasteiger partial charge in [-0.3, -0.25) is 0 Å². The third kappa shape index (κ3) is 7.25. The van der Waals surface area contributed by atoms with Crippen molar-refractivity contribution in [3.8, 4) is 0 Å². The number of rotatable bonds is 9. The van der Waals surface area contributed by atoms with Crippen molar-refractivity contribution in [2.45, 2.75) is 43.7 Å². The first-order chi connectivity index (χ1) is 19.6. The van der Waals surface area contributed by atoms with Crippen LogP contribution in [0.1, 0.15) is 41.6 Å². The second-order valence-electron chi connectivity index (χ2n) is 9.58. The number of carbonyl (C=O) groups excluding carboxylic acids is 1. The zero-order valence-electron chi connectivity index (χ0n) is 22.1. The second-order valence-corrected chi connectivity index (χ2v) is 10.6. The van der Waals surface area contributed by atoms with E-state index in [-0.39, 0.29) is 30.8 Å². The fraction of sp³-hybridized carbons (Fsp3) is 0.258. The molecule has 1 aliphatic heterocycles. The highest BCUT2D eigenvalue weighted by atomic mass is 32.2. The summed E-state index contributed by atoms with van der Waals surface area (Å²) < 4.78 is 13.0. The number of anilines is 1.